The SMILES string of the molecule is CN(C)CCCn1c(=O)c2ccccc2n2c3c(=O)n(C)c(=O)n(C)c3nc12. The van der Waals surface area contributed by atoms with Crippen molar-refractivity contribution in [2.24, 2.45) is 14.1 Å². The summed E-state index contributed by atoms with van der Waals surface area (Å²) in [6.45, 7) is 1.27. The van der Waals surface area contributed by atoms with Crippen LogP contribution in [0.4, 0.5) is 0 Å². The molecule has 9 heteroatoms. The summed E-state index contributed by atoms with van der Waals surface area (Å²) >= 11 is 0. The van der Waals surface area contributed by atoms with E-state index in [4.69, 9.17) is 0 Å². The Kier molecular flexibility index (Phi) is 4.19. The quantitative estimate of drug-likeness (QED) is 0.502. The molecule has 3 aromatic heterocycles. The number of para-hydroxylation sites is 1. The summed E-state index contributed by atoms with van der Waals surface area (Å²) in [7, 11) is 6.97. The predicted octanol–water partition coefficient (Wildman–Crippen LogP) is 0.151. The predicted molar refractivity (Wildman–Crippen MR) is 108 cm³/mol. The van der Waals surface area contributed by atoms with E-state index in [0.717, 1.165) is 17.5 Å². The van der Waals surface area contributed by atoms with Gasteiger partial charge in [-0.05, 0) is 39.2 Å². The van der Waals surface area contributed by atoms with Crippen molar-refractivity contribution in [1.29, 1.82) is 0 Å². The van der Waals surface area contributed by atoms with Crippen molar-refractivity contribution in [2.75, 3.05) is 20.6 Å². The van der Waals surface area contributed by atoms with E-state index in [2.05, 4.69) is 4.98 Å². The van der Waals surface area contributed by atoms with Crippen LogP contribution in [0.1, 0.15) is 6.42 Å². The lowest BCUT2D eigenvalue weighted by molar-refractivity contribution is 0.386. The van der Waals surface area contributed by atoms with Crippen LogP contribution < -0.4 is 16.8 Å². The summed E-state index contributed by atoms with van der Waals surface area (Å²) in [6.07, 6.45) is 0.751. The molecule has 4 aromatic rings. The molecule has 0 aliphatic rings. The molecule has 0 atom stereocenters. The molecule has 0 aliphatic carbocycles. The van der Waals surface area contributed by atoms with Gasteiger partial charge in [-0.2, -0.15) is 4.98 Å². The van der Waals surface area contributed by atoms with Crippen LogP contribution in [-0.2, 0) is 20.6 Å². The van der Waals surface area contributed by atoms with Gasteiger partial charge in [-0.3, -0.25) is 27.7 Å². The highest BCUT2D eigenvalue weighted by molar-refractivity contribution is 5.87. The van der Waals surface area contributed by atoms with E-state index in [1.165, 1.54) is 11.6 Å². The van der Waals surface area contributed by atoms with E-state index in [9.17, 15) is 14.4 Å². The van der Waals surface area contributed by atoms with Crippen LogP contribution in [0.5, 0.6) is 0 Å². The number of imidazole rings is 1. The highest BCUT2D eigenvalue weighted by Gasteiger charge is 2.20. The largest absolute Gasteiger partial charge is 0.332 e. The van der Waals surface area contributed by atoms with Crippen molar-refractivity contribution >= 4 is 27.8 Å². The van der Waals surface area contributed by atoms with E-state index in [1.807, 2.05) is 25.1 Å². The molecule has 0 N–H and O–H groups in total. The Labute approximate surface area is 159 Å². The molecule has 9 nitrogen and oxygen atoms in total. The zero-order valence-corrected chi connectivity index (χ0v) is 16.3. The molecule has 0 amide bonds. The van der Waals surface area contributed by atoms with Crippen LogP contribution in [0, 0.1) is 0 Å². The smallest absolute Gasteiger partial charge is 0.309 e. The first-order chi connectivity index (χ1) is 13.3. The average molecular weight is 382 g/mol. The van der Waals surface area contributed by atoms with E-state index in [0.29, 0.717) is 23.2 Å². The lowest BCUT2D eigenvalue weighted by Gasteiger charge is -2.13. The Morgan fingerprint density at radius 3 is 2.43 bits per heavy atom. The first-order valence-corrected chi connectivity index (χ1v) is 9.07. The fourth-order valence-electron chi connectivity index (χ4n) is 3.63. The summed E-state index contributed by atoms with van der Waals surface area (Å²) in [5.74, 6) is 0.371. The first kappa shape index (κ1) is 18.2. The highest BCUT2D eigenvalue weighted by atomic mass is 16.2. The number of nitrogens with zero attached hydrogens (tertiary/aromatic N) is 6. The summed E-state index contributed by atoms with van der Waals surface area (Å²) in [4.78, 5) is 45.0. The van der Waals surface area contributed by atoms with Gasteiger partial charge in [0.1, 0.15) is 0 Å². The molecule has 0 spiro atoms. The number of fused-ring (bicyclic) bond motifs is 5. The number of aromatic nitrogens is 5. The molecule has 146 valence electrons. The number of aryl methyl sites for hydroxylation is 2. The normalized spacial score (nSPS) is 12.0. The topological polar surface area (TPSA) is 86.5 Å². The molecule has 0 saturated carbocycles. The summed E-state index contributed by atoms with van der Waals surface area (Å²) < 4.78 is 5.69. The Morgan fingerprint density at radius 2 is 1.71 bits per heavy atom. The molecule has 0 fully saturated rings. The summed E-state index contributed by atoms with van der Waals surface area (Å²) in [6, 6.07) is 7.15. The van der Waals surface area contributed by atoms with Crippen molar-refractivity contribution in [3.8, 4) is 0 Å². The monoisotopic (exact) mass is 382 g/mol. The van der Waals surface area contributed by atoms with Gasteiger partial charge in [0.15, 0.2) is 11.2 Å². The Bertz CT molecular complexity index is 1400. The van der Waals surface area contributed by atoms with Crippen molar-refractivity contribution in [3.63, 3.8) is 0 Å². The van der Waals surface area contributed by atoms with Crippen LogP contribution in [0.25, 0.3) is 27.8 Å². The second-order valence-electron chi connectivity index (χ2n) is 7.26. The fourth-order valence-corrected chi connectivity index (χ4v) is 3.63. The van der Waals surface area contributed by atoms with Crippen LogP contribution in [0.2, 0.25) is 0 Å². The third kappa shape index (κ3) is 2.50. The Balaban J connectivity index is 2.20. The number of rotatable bonds is 4. The molecule has 0 aliphatic heterocycles. The molecule has 28 heavy (non-hydrogen) atoms. The minimum Gasteiger partial charge on any atom is -0.309 e. The third-order valence-corrected chi connectivity index (χ3v) is 5.09. The molecule has 3 heterocycles. The first-order valence-electron chi connectivity index (χ1n) is 9.07. The lowest BCUT2D eigenvalue weighted by Crippen LogP contribution is -2.37. The zero-order chi connectivity index (χ0) is 20.2. The van der Waals surface area contributed by atoms with Gasteiger partial charge in [0.25, 0.3) is 11.1 Å². The molecule has 4 rings (SSSR count). The van der Waals surface area contributed by atoms with E-state index >= 15 is 0 Å². The fraction of sp³-hybridized carbons (Fsp3) is 0.368. The van der Waals surface area contributed by atoms with E-state index in [-0.39, 0.29) is 16.7 Å². The minimum atomic E-state index is -0.452. The van der Waals surface area contributed by atoms with Gasteiger partial charge in [-0.15, -0.1) is 0 Å². The molecule has 0 radical (unpaired) electrons. The maximum Gasteiger partial charge on any atom is 0.332 e. The van der Waals surface area contributed by atoms with E-state index in [1.54, 1.807) is 34.2 Å². The third-order valence-electron chi connectivity index (χ3n) is 5.09. The van der Waals surface area contributed by atoms with Crippen molar-refractivity contribution in [3.05, 3.63) is 55.5 Å². The average Bonchev–Trinajstić information content (AvgIpc) is 3.08. The number of benzene rings is 1. The molecular weight excluding hydrogens is 360 g/mol. The standard InChI is InChI=1S/C19H22N6O3/c1-21(2)10-7-11-24-16(26)12-8-5-6-9-13(12)25-14-15(20-18(24)25)22(3)19(28)23(4)17(14)27/h5-6,8-9H,7,10-11H2,1-4H3. The minimum absolute atomic E-state index is 0.154. The summed E-state index contributed by atoms with van der Waals surface area (Å²) in [5, 5.41) is 0.509. The molecule has 0 unspecified atom stereocenters. The van der Waals surface area contributed by atoms with Gasteiger partial charge < -0.3 is 4.90 Å². The second-order valence-corrected chi connectivity index (χ2v) is 7.26. The van der Waals surface area contributed by atoms with Gasteiger partial charge in [-0.1, -0.05) is 12.1 Å². The van der Waals surface area contributed by atoms with E-state index < -0.39 is 11.2 Å². The zero-order valence-electron chi connectivity index (χ0n) is 16.3. The van der Waals surface area contributed by atoms with Gasteiger partial charge >= 0.3 is 5.69 Å². The Hall–Kier alpha value is -3.20. The Morgan fingerprint density at radius 1 is 1.00 bits per heavy atom. The maximum absolute atomic E-state index is 13.1. The van der Waals surface area contributed by atoms with Crippen LogP contribution in [-0.4, -0.2) is 48.6 Å². The van der Waals surface area contributed by atoms with Crippen molar-refractivity contribution < 1.29 is 0 Å². The van der Waals surface area contributed by atoms with Gasteiger partial charge in [0.2, 0.25) is 5.78 Å². The molecule has 0 saturated heterocycles. The van der Waals surface area contributed by atoms with Crippen LogP contribution in [0.3, 0.4) is 0 Å². The van der Waals surface area contributed by atoms with Crippen molar-refractivity contribution in [1.82, 2.24) is 28.0 Å². The van der Waals surface area contributed by atoms with Gasteiger partial charge in [0.05, 0.1) is 10.9 Å². The van der Waals surface area contributed by atoms with Crippen molar-refractivity contribution in [2.45, 2.75) is 13.0 Å². The second kappa shape index (κ2) is 6.45. The maximum atomic E-state index is 13.1. The lowest BCUT2D eigenvalue weighted by atomic mass is 10.2. The molecule has 0 bridgehead atoms. The molecular formula is C19H22N6O3. The van der Waals surface area contributed by atoms with Crippen LogP contribution >= 0.6 is 0 Å². The number of hydrogen-bond acceptors (Lipinski definition) is 5. The van der Waals surface area contributed by atoms with Gasteiger partial charge in [-0.25, -0.2) is 4.79 Å². The van der Waals surface area contributed by atoms with Gasteiger partial charge in [0, 0.05) is 20.6 Å². The molecule has 1 aromatic carbocycles. The summed E-state index contributed by atoms with van der Waals surface area (Å²) in [5.41, 5.74) is 0.118. The van der Waals surface area contributed by atoms with Crippen LogP contribution in [0.15, 0.2) is 38.6 Å². The number of hydrogen-bond donors (Lipinski definition) is 0. The highest BCUT2D eigenvalue weighted by Crippen LogP contribution is 2.18.